The summed E-state index contributed by atoms with van der Waals surface area (Å²) in [6, 6.07) is 6.19. The monoisotopic (exact) mass is 393 g/mol. The average molecular weight is 394 g/mol. The van der Waals surface area contributed by atoms with Crippen molar-refractivity contribution >= 4 is 18.3 Å². The van der Waals surface area contributed by atoms with Gasteiger partial charge in [-0.1, -0.05) is 11.3 Å². The Kier molecular flexibility index (Phi) is 6.52. The average Bonchev–Trinajstić information content (AvgIpc) is 3.19. The summed E-state index contributed by atoms with van der Waals surface area (Å²) >= 11 is 0. The molecule has 0 spiro atoms. The van der Waals surface area contributed by atoms with Crippen molar-refractivity contribution in [3.63, 3.8) is 0 Å². The van der Waals surface area contributed by atoms with E-state index in [0.717, 1.165) is 43.0 Å². The Hall–Kier alpha value is -2.32. The highest BCUT2D eigenvalue weighted by Gasteiger charge is 2.18. The van der Waals surface area contributed by atoms with E-state index < -0.39 is 0 Å². The Balaban J connectivity index is 0.00000210. The maximum absolute atomic E-state index is 12.3. The molecule has 0 radical (unpaired) electrons. The van der Waals surface area contributed by atoms with Crippen LogP contribution in [0.3, 0.4) is 0 Å². The number of amides is 1. The molecular formula is C18H24ClN5O3. The molecular weight excluding hydrogens is 370 g/mol. The second-order valence-corrected chi connectivity index (χ2v) is 6.55. The molecule has 27 heavy (non-hydrogen) atoms. The number of nitrogens with zero attached hydrogens (tertiary/aromatic N) is 3. The molecule has 8 nitrogen and oxygen atoms in total. The van der Waals surface area contributed by atoms with Crippen LogP contribution in [0.25, 0.3) is 0 Å². The highest BCUT2D eigenvalue weighted by atomic mass is 35.5. The summed E-state index contributed by atoms with van der Waals surface area (Å²) in [6.07, 6.45) is 4.48. The van der Waals surface area contributed by atoms with Crippen LogP contribution in [0.5, 0.6) is 11.5 Å². The SMILES string of the molecule is Cl.O=C(NCCc1ccc2c(c1)OCCO2)c1cn(C2CCNCC2)nn1. The first-order valence-corrected chi connectivity index (χ1v) is 9.09. The molecule has 3 heterocycles. The van der Waals surface area contributed by atoms with Crippen molar-refractivity contribution in [2.24, 2.45) is 0 Å². The van der Waals surface area contributed by atoms with Gasteiger partial charge in [0.15, 0.2) is 17.2 Å². The number of halogens is 1. The lowest BCUT2D eigenvalue weighted by Crippen LogP contribution is -2.29. The highest BCUT2D eigenvalue weighted by Crippen LogP contribution is 2.30. The van der Waals surface area contributed by atoms with Crippen LogP contribution < -0.4 is 20.1 Å². The Morgan fingerprint density at radius 2 is 2.00 bits per heavy atom. The van der Waals surface area contributed by atoms with E-state index in [2.05, 4.69) is 20.9 Å². The second-order valence-electron chi connectivity index (χ2n) is 6.55. The van der Waals surface area contributed by atoms with Crippen LogP contribution in [-0.2, 0) is 6.42 Å². The first-order valence-electron chi connectivity index (χ1n) is 9.09. The van der Waals surface area contributed by atoms with Crippen molar-refractivity contribution in [2.75, 3.05) is 32.8 Å². The fraction of sp³-hybridized carbons (Fsp3) is 0.500. The predicted molar refractivity (Wildman–Crippen MR) is 102 cm³/mol. The molecule has 2 aliphatic rings. The molecule has 1 amide bonds. The molecule has 1 fully saturated rings. The van der Waals surface area contributed by atoms with E-state index in [4.69, 9.17) is 9.47 Å². The van der Waals surface area contributed by atoms with Crippen molar-refractivity contribution in [2.45, 2.75) is 25.3 Å². The second kappa shape index (κ2) is 9.05. The Labute approximate surface area is 164 Å². The lowest BCUT2D eigenvalue weighted by molar-refractivity contribution is 0.0949. The Morgan fingerprint density at radius 1 is 1.22 bits per heavy atom. The van der Waals surface area contributed by atoms with Crippen LogP contribution in [-0.4, -0.2) is 53.7 Å². The number of aromatic nitrogens is 3. The molecule has 0 aliphatic carbocycles. The molecule has 0 atom stereocenters. The number of fused-ring (bicyclic) bond motifs is 1. The van der Waals surface area contributed by atoms with Gasteiger partial charge in [0.1, 0.15) is 13.2 Å². The summed E-state index contributed by atoms with van der Waals surface area (Å²) in [5.41, 5.74) is 1.46. The van der Waals surface area contributed by atoms with E-state index in [1.54, 1.807) is 6.20 Å². The topological polar surface area (TPSA) is 90.3 Å². The molecule has 0 saturated carbocycles. The molecule has 146 valence electrons. The first kappa shape index (κ1) is 19.4. The minimum Gasteiger partial charge on any atom is -0.486 e. The number of rotatable bonds is 5. The third-order valence-electron chi connectivity index (χ3n) is 4.73. The number of piperidine rings is 1. The summed E-state index contributed by atoms with van der Waals surface area (Å²) in [5, 5.41) is 14.4. The number of ether oxygens (including phenoxy) is 2. The van der Waals surface area contributed by atoms with Crippen molar-refractivity contribution in [1.29, 1.82) is 0 Å². The van der Waals surface area contributed by atoms with Crippen molar-refractivity contribution in [3.8, 4) is 11.5 Å². The van der Waals surface area contributed by atoms with Crippen molar-refractivity contribution in [1.82, 2.24) is 25.6 Å². The normalized spacial score (nSPS) is 16.4. The largest absolute Gasteiger partial charge is 0.486 e. The van der Waals surface area contributed by atoms with Gasteiger partial charge >= 0.3 is 0 Å². The standard InChI is InChI=1S/C18H23N5O3.ClH/c24-18(15-12-23(22-21-15)14-4-6-19-7-5-14)20-8-3-13-1-2-16-17(11-13)26-10-9-25-16;/h1-2,11-12,14,19H,3-10H2,(H,20,24);1H. The van der Waals surface area contributed by atoms with Gasteiger partial charge in [-0.25, -0.2) is 4.68 Å². The lowest BCUT2D eigenvalue weighted by atomic mass is 10.1. The molecule has 1 aromatic carbocycles. The fourth-order valence-electron chi connectivity index (χ4n) is 3.28. The van der Waals surface area contributed by atoms with Gasteiger partial charge in [-0.05, 0) is 50.0 Å². The molecule has 2 N–H and O–H groups in total. The number of carbonyl (C=O) groups is 1. The molecule has 2 aliphatic heterocycles. The van der Waals surface area contributed by atoms with E-state index in [-0.39, 0.29) is 18.3 Å². The van der Waals surface area contributed by atoms with E-state index in [0.29, 0.717) is 37.9 Å². The number of benzene rings is 1. The maximum atomic E-state index is 12.3. The summed E-state index contributed by atoms with van der Waals surface area (Å²) in [5.74, 6) is 1.35. The van der Waals surface area contributed by atoms with Gasteiger partial charge < -0.3 is 20.1 Å². The van der Waals surface area contributed by atoms with Gasteiger partial charge in [-0.15, -0.1) is 17.5 Å². The predicted octanol–water partition coefficient (Wildman–Crippen LogP) is 1.37. The van der Waals surface area contributed by atoms with Gasteiger partial charge in [-0.3, -0.25) is 4.79 Å². The lowest BCUT2D eigenvalue weighted by Gasteiger charge is -2.22. The molecule has 9 heteroatoms. The van der Waals surface area contributed by atoms with Crippen LogP contribution in [0.1, 0.15) is 34.9 Å². The van der Waals surface area contributed by atoms with Crippen LogP contribution in [0.4, 0.5) is 0 Å². The summed E-state index contributed by atoms with van der Waals surface area (Å²) in [7, 11) is 0. The quantitative estimate of drug-likeness (QED) is 0.797. The molecule has 1 saturated heterocycles. The summed E-state index contributed by atoms with van der Waals surface area (Å²) < 4.78 is 12.9. The third-order valence-corrected chi connectivity index (χ3v) is 4.73. The van der Waals surface area contributed by atoms with Crippen LogP contribution >= 0.6 is 12.4 Å². The van der Waals surface area contributed by atoms with Crippen LogP contribution in [0.2, 0.25) is 0 Å². The molecule has 0 unspecified atom stereocenters. The molecule has 4 rings (SSSR count). The van der Waals surface area contributed by atoms with Gasteiger partial charge in [0, 0.05) is 6.54 Å². The molecule has 0 bridgehead atoms. The van der Waals surface area contributed by atoms with Gasteiger partial charge in [-0.2, -0.15) is 0 Å². The zero-order chi connectivity index (χ0) is 17.8. The minimum absolute atomic E-state index is 0. The van der Waals surface area contributed by atoms with Crippen molar-refractivity contribution in [3.05, 3.63) is 35.7 Å². The number of hydrogen-bond acceptors (Lipinski definition) is 6. The van der Waals surface area contributed by atoms with Gasteiger partial charge in [0.2, 0.25) is 0 Å². The van der Waals surface area contributed by atoms with Crippen molar-refractivity contribution < 1.29 is 14.3 Å². The summed E-state index contributed by atoms with van der Waals surface area (Å²) in [6.45, 7) is 3.63. The fourth-order valence-corrected chi connectivity index (χ4v) is 3.28. The molecule has 2 aromatic rings. The molecule has 1 aromatic heterocycles. The van der Waals surface area contributed by atoms with Gasteiger partial charge in [0.05, 0.1) is 12.2 Å². The number of nitrogens with one attached hydrogen (secondary N) is 2. The number of hydrogen-bond donors (Lipinski definition) is 2. The Bertz CT molecular complexity index is 776. The van der Waals surface area contributed by atoms with Crippen LogP contribution in [0.15, 0.2) is 24.4 Å². The van der Waals surface area contributed by atoms with Crippen LogP contribution in [0, 0.1) is 0 Å². The van der Waals surface area contributed by atoms with E-state index in [1.165, 1.54) is 0 Å². The number of carbonyl (C=O) groups excluding carboxylic acids is 1. The minimum atomic E-state index is -0.192. The Morgan fingerprint density at radius 3 is 2.81 bits per heavy atom. The first-order chi connectivity index (χ1) is 12.8. The van der Waals surface area contributed by atoms with E-state index in [1.807, 2.05) is 22.9 Å². The van der Waals surface area contributed by atoms with E-state index >= 15 is 0 Å². The zero-order valence-electron chi connectivity index (χ0n) is 15.0. The van der Waals surface area contributed by atoms with E-state index in [9.17, 15) is 4.79 Å². The maximum Gasteiger partial charge on any atom is 0.273 e. The zero-order valence-corrected chi connectivity index (χ0v) is 15.8. The smallest absolute Gasteiger partial charge is 0.273 e. The van der Waals surface area contributed by atoms with Gasteiger partial charge in [0.25, 0.3) is 5.91 Å². The third kappa shape index (κ3) is 4.70. The summed E-state index contributed by atoms with van der Waals surface area (Å²) in [4.78, 5) is 12.3. The highest BCUT2D eigenvalue weighted by molar-refractivity contribution is 5.91.